The van der Waals surface area contributed by atoms with Gasteiger partial charge in [-0.25, -0.2) is 4.98 Å². The van der Waals surface area contributed by atoms with Crippen molar-refractivity contribution in [1.82, 2.24) is 9.55 Å². The average Bonchev–Trinajstić information content (AvgIpc) is 2.60. The molecule has 3 aromatic rings. The summed E-state index contributed by atoms with van der Waals surface area (Å²) >= 11 is 1.33. The quantitative estimate of drug-likeness (QED) is 0.306. The number of thioether (sulfide) groups is 1. The van der Waals surface area contributed by atoms with Crippen molar-refractivity contribution in [2.24, 2.45) is 0 Å². The molecule has 1 heterocycles. The Hall–Kier alpha value is -2.67. The maximum absolute atomic E-state index is 12.6. The summed E-state index contributed by atoms with van der Waals surface area (Å²) in [5, 5.41) is 12.3. The minimum Gasteiger partial charge on any atom is -0.287 e. The van der Waals surface area contributed by atoms with E-state index < -0.39 is 4.92 Å². The second-order valence-electron chi connectivity index (χ2n) is 5.14. The van der Waals surface area contributed by atoms with Gasteiger partial charge in [-0.15, -0.1) is 0 Å². The molecular weight excluding hydrogens is 326 g/mol. The molecule has 0 unspecified atom stereocenters. The minimum atomic E-state index is -0.392. The van der Waals surface area contributed by atoms with Gasteiger partial charge < -0.3 is 0 Å². The zero-order valence-electron chi connectivity index (χ0n) is 13.0. The van der Waals surface area contributed by atoms with E-state index >= 15 is 0 Å². The standard InChI is InChI=1S/C17H15N3O3S/c1-2-19-16(21)13-8-4-5-9-14(13)18-17(19)24-11-12-7-3-6-10-15(12)20(22)23/h3-10H,2,11H2,1H3. The number of benzene rings is 2. The van der Waals surface area contributed by atoms with Crippen LogP contribution in [0.4, 0.5) is 5.69 Å². The molecule has 0 fully saturated rings. The molecule has 122 valence electrons. The van der Waals surface area contributed by atoms with E-state index in [4.69, 9.17) is 0 Å². The lowest BCUT2D eigenvalue weighted by Gasteiger charge is -2.11. The number of nitrogens with zero attached hydrogens (tertiary/aromatic N) is 3. The highest BCUT2D eigenvalue weighted by atomic mass is 32.2. The van der Waals surface area contributed by atoms with Gasteiger partial charge in [0.25, 0.3) is 11.2 Å². The average molecular weight is 341 g/mol. The van der Waals surface area contributed by atoms with Crippen LogP contribution in [0.1, 0.15) is 12.5 Å². The number of para-hydroxylation sites is 2. The molecule has 24 heavy (non-hydrogen) atoms. The number of hydrogen-bond donors (Lipinski definition) is 0. The largest absolute Gasteiger partial charge is 0.287 e. The number of aromatic nitrogens is 2. The molecule has 3 rings (SSSR count). The van der Waals surface area contributed by atoms with Crippen molar-refractivity contribution in [3.63, 3.8) is 0 Å². The maximum Gasteiger partial charge on any atom is 0.273 e. The Balaban J connectivity index is 1.99. The molecule has 7 heteroatoms. The van der Waals surface area contributed by atoms with Gasteiger partial charge in [0.2, 0.25) is 0 Å². The third-order valence-electron chi connectivity index (χ3n) is 3.69. The highest BCUT2D eigenvalue weighted by Gasteiger charge is 2.15. The van der Waals surface area contributed by atoms with E-state index in [9.17, 15) is 14.9 Å². The fourth-order valence-corrected chi connectivity index (χ4v) is 3.55. The van der Waals surface area contributed by atoms with Gasteiger partial charge in [-0.3, -0.25) is 19.5 Å². The van der Waals surface area contributed by atoms with Crippen molar-refractivity contribution in [2.75, 3.05) is 0 Å². The van der Waals surface area contributed by atoms with Crippen LogP contribution in [-0.4, -0.2) is 14.5 Å². The van der Waals surface area contributed by atoms with Crippen molar-refractivity contribution in [2.45, 2.75) is 24.4 Å². The van der Waals surface area contributed by atoms with Gasteiger partial charge in [-0.05, 0) is 19.1 Å². The Morgan fingerprint density at radius 2 is 1.88 bits per heavy atom. The van der Waals surface area contributed by atoms with E-state index in [1.54, 1.807) is 34.9 Å². The second-order valence-corrected chi connectivity index (χ2v) is 6.08. The maximum atomic E-state index is 12.6. The number of fused-ring (bicyclic) bond motifs is 1. The Kier molecular flexibility index (Phi) is 4.61. The predicted molar refractivity (Wildman–Crippen MR) is 94.3 cm³/mol. The first kappa shape index (κ1) is 16.2. The fraction of sp³-hybridized carbons (Fsp3) is 0.176. The minimum absolute atomic E-state index is 0.0798. The van der Waals surface area contributed by atoms with Crippen LogP contribution in [0.2, 0.25) is 0 Å². The Morgan fingerprint density at radius 3 is 2.62 bits per heavy atom. The van der Waals surface area contributed by atoms with Gasteiger partial charge in [0.05, 0.1) is 15.8 Å². The predicted octanol–water partition coefficient (Wildman–Crippen LogP) is 3.62. The monoisotopic (exact) mass is 341 g/mol. The van der Waals surface area contributed by atoms with Crippen LogP contribution in [0.5, 0.6) is 0 Å². The van der Waals surface area contributed by atoms with E-state index in [1.807, 2.05) is 19.1 Å². The first-order chi connectivity index (χ1) is 11.6. The molecule has 0 aliphatic rings. The summed E-state index contributed by atoms with van der Waals surface area (Å²) in [7, 11) is 0. The molecule has 2 aromatic carbocycles. The SMILES string of the molecule is CCn1c(SCc2ccccc2[N+](=O)[O-])nc2ccccc2c1=O. The molecule has 0 bridgehead atoms. The summed E-state index contributed by atoms with van der Waals surface area (Å²) < 4.78 is 1.60. The molecule has 0 amide bonds. The zero-order chi connectivity index (χ0) is 17.1. The summed E-state index contributed by atoms with van der Waals surface area (Å²) in [6.45, 7) is 2.38. The van der Waals surface area contributed by atoms with E-state index in [0.29, 0.717) is 33.9 Å². The summed E-state index contributed by atoms with van der Waals surface area (Å²) in [4.78, 5) is 27.8. The van der Waals surface area contributed by atoms with Crippen LogP contribution in [0.15, 0.2) is 58.5 Å². The van der Waals surface area contributed by atoms with E-state index in [0.717, 1.165) is 0 Å². The first-order valence-corrected chi connectivity index (χ1v) is 8.45. The van der Waals surface area contributed by atoms with Crippen LogP contribution in [0.25, 0.3) is 10.9 Å². The van der Waals surface area contributed by atoms with Crippen LogP contribution in [0, 0.1) is 10.1 Å². The van der Waals surface area contributed by atoms with Crippen LogP contribution < -0.4 is 5.56 Å². The Bertz CT molecular complexity index is 969. The van der Waals surface area contributed by atoms with Crippen LogP contribution in [0.3, 0.4) is 0 Å². The molecule has 0 N–H and O–H groups in total. The normalized spacial score (nSPS) is 10.9. The lowest BCUT2D eigenvalue weighted by Crippen LogP contribution is -2.22. The van der Waals surface area contributed by atoms with Gasteiger partial charge in [0.1, 0.15) is 0 Å². The molecule has 0 aliphatic heterocycles. The zero-order valence-corrected chi connectivity index (χ0v) is 13.8. The van der Waals surface area contributed by atoms with Gasteiger partial charge in [-0.2, -0.15) is 0 Å². The van der Waals surface area contributed by atoms with E-state index in [-0.39, 0.29) is 11.2 Å². The van der Waals surface area contributed by atoms with Crippen molar-refractivity contribution in [1.29, 1.82) is 0 Å². The van der Waals surface area contributed by atoms with Gasteiger partial charge >= 0.3 is 0 Å². The Morgan fingerprint density at radius 1 is 1.17 bits per heavy atom. The van der Waals surface area contributed by atoms with Crippen molar-refractivity contribution >= 4 is 28.4 Å². The summed E-state index contributed by atoms with van der Waals surface area (Å²) in [5.74, 6) is 0.377. The topological polar surface area (TPSA) is 78.0 Å². The summed E-state index contributed by atoms with van der Waals surface area (Å²) in [6, 6.07) is 13.8. The molecule has 1 aromatic heterocycles. The lowest BCUT2D eigenvalue weighted by atomic mass is 10.2. The smallest absolute Gasteiger partial charge is 0.273 e. The molecule has 0 spiro atoms. The van der Waals surface area contributed by atoms with E-state index in [2.05, 4.69) is 4.98 Å². The highest BCUT2D eigenvalue weighted by Crippen LogP contribution is 2.27. The van der Waals surface area contributed by atoms with Gasteiger partial charge in [0, 0.05) is 23.9 Å². The first-order valence-electron chi connectivity index (χ1n) is 7.46. The summed E-state index contributed by atoms with van der Waals surface area (Å²) in [6.07, 6.45) is 0. The molecule has 6 nitrogen and oxygen atoms in total. The second kappa shape index (κ2) is 6.84. The number of nitro groups is 1. The van der Waals surface area contributed by atoms with Crippen LogP contribution >= 0.6 is 11.8 Å². The number of hydrogen-bond acceptors (Lipinski definition) is 5. The number of rotatable bonds is 5. The molecular formula is C17H15N3O3S. The summed E-state index contributed by atoms with van der Waals surface area (Å²) in [5.41, 5.74) is 1.24. The van der Waals surface area contributed by atoms with Crippen molar-refractivity contribution < 1.29 is 4.92 Å². The molecule has 0 aliphatic carbocycles. The molecule has 0 radical (unpaired) electrons. The van der Waals surface area contributed by atoms with Gasteiger partial charge in [-0.1, -0.05) is 42.1 Å². The van der Waals surface area contributed by atoms with Crippen molar-refractivity contribution in [3.8, 4) is 0 Å². The molecule has 0 saturated carbocycles. The fourth-order valence-electron chi connectivity index (χ4n) is 2.49. The highest BCUT2D eigenvalue weighted by molar-refractivity contribution is 7.98. The molecule has 0 atom stereocenters. The third kappa shape index (κ3) is 3.03. The third-order valence-corrected chi connectivity index (χ3v) is 4.71. The van der Waals surface area contributed by atoms with E-state index in [1.165, 1.54) is 17.8 Å². The number of nitro benzene ring substituents is 1. The van der Waals surface area contributed by atoms with Crippen LogP contribution in [-0.2, 0) is 12.3 Å². The van der Waals surface area contributed by atoms with Gasteiger partial charge in [0.15, 0.2) is 5.16 Å². The van der Waals surface area contributed by atoms with Crippen molar-refractivity contribution in [3.05, 3.63) is 74.6 Å². The lowest BCUT2D eigenvalue weighted by molar-refractivity contribution is -0.385. The molecule has 0 saturated heterocycles. The Labute approximate surface area is 142 Å².